The third-order valence-electron chi connectivity index (χ3n) is 3.50. The highest BCUT2D eigenvalue weighted by Gasteiger charge is 2.31. The van der Waals surface area contributed by atoms with E-state index >= 15 is 0 Å². The molecule has 1 atom stereocenters. The molecule has 0 aromatic heterocycles. The van der Waals surface area contributed by atoms with Crippen molar-refractivity contribution in [3.05, 3.63) is 29.8 Å². The van der Waals surface area contributed by atoms with Crippen LogP contribution in [0.5, 0.6) is 0 Å². The molecule has 0 bridgehead atoms. The van der Waals surface area contributed by atoms with Gasteiger partial charge in [0, 0.05) is 18.3 Å². The Morgan fingerprint density at radius 2 is 2.07 bits per heavy atom. The van der Waals surface area contributed by atoms with Crippen LogP contribution >= 0.6 is 0 Å². The molecule has 0 spiro atoms. The summed E-state index contributed by atoms with van der Waals surface area (Å²) in [6, 6.07) is 9.59. The van der Waals surface area contributed by atoms with Crippen molar-refractivity contribution in [2.45, 2.75) is 32.2 Å². The van der Waals surface area contributed by atoms with Gasteiger partial charge in [0.15, 0.2) is 0 Å². The first kappa shape index (κ1) is 8.34. The van der Waals surface area contributed by atoms with Gasteiger partial charge in [0.25, 0.3) is 0 Å². The number of hydrogen-bond acceptors (Lipinski definition) is 1. The maximum atomic E-state index is 2.60. The molecule has 1 heterocycles. The molecule has 2 aliphatic rings. The van der Waals surface area contributed by atoms with E-state index in [1.54, 1.807) is 5.56 Å². The van der Waals surface area contributed by atoms with Crippen molar-refractivity contribution < 1.29 is 0 Å². The molecule has 14 heavy (non-hydrogen) atoms. The highest BCUT2D eigenvalue weighted by Crippen LogP contribution is 2.37. The van der Waals surface area contributed by atoms with Crippen LogP contribution in [0.1, 0.15) is 25.3 Å². The minimum Gasteiger partial charge on any atom is -0.368 e. The fraction of sp³-hybridized carbons (Fsp3) is 0.538. The third-order valence-corrected chi connectivity index (χ3v) is 3.50. The fourth-order valence-corrected chi connectivity index (χ4v) is 2.49. The topological polar surface area (TPSA) is 3.24 Å². The molecule has 74 valence electrons. The van der Waals surface area contributed by atoms with Crippen LogP contribution in [0.3, 0.4) is 0 Å². The van der Waals surface area contributed by atoms with Gasteiger partial charge in [0.05, 0.1) is 0 Å². The number of benzene rings is 1. The van der Waals surface area contributed by atoms with Crippen LogP contribution in [0.25, 0.3) is 0 Å². The van der Waals surface area contributed by atoms with Crippen LogP contribution in [0.15, 0.2) is 24.3 Å². The van der Waals surface area contributed by atoms with Gasteiger partial charge in [-0.25, -0.2) is 0 Å². The SMILES string of the molecule is CC1Cc2ccccc2N1CC1CC1. The van der Waals surface area contributed by atoms with Crippen LogP contribution in [-0.4, -0.2) is 12.6 Å². The lowest BCUT2D eigenvalue weighted by atomic mass is 10.1. The first-order chi connectivity index (χ1) is 6.84. The molecule has 1 unspecified atom stereocenters. The van der Waals surface area contributed by atoms with E-state index in [0.717, 1.165) is 5.92 Å². The van der Waals surface area contributed by atoms with E-state index in [4.69, 9.17) is 0 Å². The normalized spacial score (nSPS) is 25.2. The smallest absolute Gasteiger partial charge is 0.0402 e. The predicted molar refractivity (Wildman–Crippen MR) is 59.7 cm³/mol. The zero-order valence-corrected chi connectivity index (χ0v) is 8.74. The maximum Gasteiger partial charge on any atom is 0.0402 e. The standard InChI is InChI=1S/C13H17N/c1-10-8-12-4-2-3-5-13(12)14(10)9-11-6-7-11/h2-5,10-11H,6-9H2,1H3. The van der Waals surface area contributed by atoms with Crippen molar-refractivity contribution in [2.24, 2.45) is 5.92 Å². The fourth-order valence-electron chi connectivity index (χ4n) is 2.49. The number of nitrogens with zero attached hydrogens (tertiary/aromatic N) is 1. The Bertz CT molecular complexity index is 341. The number of anilines is 1. The Balaban J connectivity index is 1.88. The second-order valence-corrected chi connectivity index (χ2v) is 4.78. The van der Waals surface area contributed by atoms with Gasteiger partial charge >= 0.3 is 0 Å². The van der Waals surface area contributed by atoms with E-state index in [1.807, 2.05) is 0 Å². The van der Waals surface area contributed by atoms with Gasteiger partial charge in [0.1, 0.15) is 0 Å². The summed E-state index contributed by atoms with van der Waals surface area (Å²) in [4.78, 5) is 2.60. The van der Waals surface area contributed by atoms with Crippen molar-refractivity contribution in [3.8, 4) is 0 Å². The number of para-hydroxylation sites is 1. The van der Waals surface area contributed by atoms with Gasteiger partial charge in [-0.15, -0.1) is 0 Å². The minimum atomic E-state index is 0.716. The molecule has 1 aliphatic heterocycles. The summed E-state index contributed by atoms with van der Waals surface area (Å²) in [7, 11) is 0. The highest BCUT2D eigenvalue weighted by molar-refractivity contribution is 5.59. The van der Waals surface area contributed by atoms with Crippen molar-refractivity contribution in [2.75, 3.05) is 11.4 Å². The largest absolute Gasteiger partial charge is 0.368 e. The van der Waals surface area contributed by atoms with Gasteiger partial charge in [-0.1, -0.05) is 18.2 Å². The summed E-state index contributed by atoms with van der Waals surface area (Å²) in [5.41, 5.74) is 3.03. The minimum absolute atomic E-state index is 0.716. The van der Waals surface area contributed by atoms with E-state index < -0.39 is 0 Å². The number of rotatable bonds is 2. The van der Waals surface area contributed by atoms with Gasteiger partial charge in [0.2, 0.25) is 0 Å². The Morgan fingerprint density at radius 1 is 1.29 bits per heavy atom. The zero-order chi connectivity index (χ0) is 9.54. The average molecular weight is 187 g/mol. The molecular formula is C13H17N. The summed E-state index contributed by atoms with van der Waals surface area (Å²) in [6.45, 7) is 3.64. The molecule has 0 N–H and O–H groups in total. The van der Waals surface area contributed by atoms with Gasteiger partial charge in [-0.2, -0.15) is 0 Å². The lowest BCUT2D eigenvalue weighted by Gasteiger charge is -2.24. The molecule has 1 heteroatoms. The highest BCUT2D eigenvalue weighted by atomic mass is 15.2. The van der Waals surface area contributed by atoms with E-state index in [2.05, 4.69) is 36.1 Å². The van der Waals surface area contributed by atoms with Crippen molar-refractivity contribution >= 4 is 5.69 Å². The summed E-state index contributed by atoms with van der Waals surface area (Å²) in [5.74, 6) is 0.989. The first-order valence-corrected chi connectivity index (χ1v) is 5.69. The molecule has 0 radical (unpaired) electrons. The molecule has 3 rings (SSSR count). The van der Waals surface area contributed by atoms with E-state index in [9.17, 15) is 0 Å². The quantitative estimate of drug-likeness (QED) is 0.688. The van der Waals surface area contributed by atoms with Crippen molar-refractivity contribution in [1.29, 1.82) is 0 Å². The summed E-state index contributed by atoms with van der Waals surface area (Å²) in [6.07, 6.45) is 4.14. The first-order valence-electron chi connectivity index (χ1n) is 5.69. The number of fused-ring (bicyclic) bond motifs is 1. The van der Waals surface area contributed by atoms with Gasteiger partial charge < -0.3 is 4.90 Å². The average Bonchev–Trinajstić information content (AvgIpc) is 2.93. The van der Waals surface area contributed by atoms with Gasteiger partial charge in [-0.05, 0) is 43.7 Å². The molecule has 1 saturated carbocycles. The summed E-state index contributed by atoms with van der Waals surface area (Å²) in [5, 5.41) is 0. The Hall–Kier alpha value is -0.980. The molecule has 1 aromatic carbocycles. The molecule has 1 fully saturated rings. The Kier molecular flexibility index (Phi) is 1.79. The second kappa shape index (κ2) is 3.01. The van der Waals surface area contributed by atoms with Crippen molar-refractivity contribution in [3.63, 3.8) is 0 Å². The second-order valence-electron chi connectivity index (χ2n) is 4.78. The lowest BCUT2D eigenvalue weighted by Crippen LogP contribution is -2.31. The Labute approximate surface area is 85.7 Å². The molecule has 1 aliphatic carbocycles. The zero-order valence-electron chi connectivity index (χ0n) is 8.74. The van der Waals surface area contributed by atoms with Crippen LogP contribution < -0.4 is 4.90 Å². The monoisotopic (exact) mass is 187 g/mol. The molecular weight excluding hydrogens is 170 g/mol. The van der Waals surface area contributed by atoms with Crippen LogP contribution in [0.4, 0.5) is 5.69 Å². The van der Waals surface area contributed by atoms with Crippen LogP contribution in [0.2, 0.25) is 0 Å². The third kappa shape index (κ3) is 1.31. The van der Waals surface area contributed by atoms with Gasteiger partial charge in [-0.3, -0.25) is 0 Å². The molecule has 1 nitrogen and oxygen atoms in total. The van der Waals surface area contributed by atoms with Crippen LogP contribution in [-0.2, 0) is 6.42 Å². The summed E-state index contributed by atoms with van der Waals surface area (Å²) >= 11 is 0. The predicted octanol–water partition coefficient (Wildman–Crippen LogP) is 2.85. The van der Waals surface area contributed by atoms with E-state index in [-0.39, 0.29) is 0 Å². The number of hydrogen-bond donors (Lipinski definition) is 0. The molecule has 0 amide bonds. The Morgan fingerprint density at radius 3 is 2.86 bits per heavy atom. The van der Waals surface area contributed by atoms with Crippen LogP contribution in [0, 0.1) is 5.92 Å². The molecule has 0 saturated heterocycles. The van der Waals surface area contributed by atoms with Crippen molar-refractivity contribution in [1.82, 2.24) is 0 Å². The van der Waals surface area contributed by atoms with E-state index in [1.165, 1.54) is 31.5 Å². The lowest BCUT2D eigenvalue weighted by molar-refractivity contribution is 0.640. The molecule has 1 aromatic rings. The maximum absolute atomic E-state index is 2.60. The van der Waals surface area contributed by atoms with E-state index in [0.29, 0.717) is 6.04 Å². The summed E-state index contributed by atoms with van der Waals surface area (Å²) < 4.78 is 0.